The maximum absolute atomic E-state index is 5.92. The van der Waals surface area contributed by atoms with Crippen molar-refractivity contribution in [1.82, 2.24) is 14.9 Å². The molecule has 1 N–H and O–H groups in total. The van der Waals surface area contributed by atoms with E-state index < -0.39 is 0 Å². The maximum Gasteiger partial charge on any atom is 0.174 e. The molecule has 32 heavy (non-hydrogen) atoms. The molecule has 0 aliphatic carbocycles. The number of nitrogens with one attached hydrogen (secondary N) is 1. The number of thiocarbonyl (C=S) groups is 1. The Hall–Kier alpha value is -2.90. The lowest BCUT2D eigenvalue weighted by Gasteiger charge is -2.29. The van der Waals surface area contributed by atoms with Crippen LogP contribution < -0.4 is 15.0 Å². The van der Waals surface area contributed by atoms with E-state index in [1.807, 2.05) is 37.4 Å². The van der Waals surface area contributed by atoms with Crippen LogP contribution in [0.25, 0.3) is 0 Å². The summed E-state index contributed by atoms with van der Waals surface area (Å²) in [7, 11) is 0. The summed E-state index contributed by atoms with van der Waals surface area (Å²) in [5, 5.41) is 4.23. The third-order valence-electron chi connectivity index (χ3n) is 6.12. The summed E-state index contributed by atoms with van der Waals surface area (Å²) >= 11 is 5.84. The number of rotatable bonds is 7. The number of ether oxygens (including phenoxy) is 2. The Bertz CT molecular complexity index is 1050. The van der Waals surface area contributed by atoms with Crippen LogP contribution in [-0.4, -0.2) is 34.0 Å². The van der Waals surface area contributed by atoms with E-state index >= 15 is 0 Å². The minimum Gasteiger partial charge on any atom is -0.494 e. The fourth-order valence-electron chi connectivity index (χ4n) is 4.67. The Balaban J connectivity index is 1.54. The predicted octanol–water partition coefficient (Wildman–Crippen LogP) is 4.64. The zero-order valence-corrected chi connectivity index (χ0v) is 19.0. The largest absolute Gasteiger partial charge is 0.494 e. The van der Waals surface area contributed by atoms with Crippen molar-refractivity contribution in [1.29, 1.82) is 0 Å². The topological polar surface area (TPSA) is 51.5 Å². The van der Waals surface area contributed by atoms with Gasteiger partial charge in [-0.05, 0) is 80.5 Å². The van der Waals surface area contributed by atoms with Gasteiger partial charge in [-0.3, -0.25) is 4.98 Å². The molecule has 1 aromatic carbocycles. The number of nitrogens with zero attached hydrogens (tertiary/aromatic N) is 3. The van der Waals surface area contributed by atoms with Crippen LogP contribution in [0.2, 0.25) is 0 Å². The van der Waals surface area contributed by atoms with E-state index in [0.717, 1.165) is 43.1 Å². The minimum atomic E-state index is -0.0617. The van der Waals surface area contributed by atoms with E-state index in [-0.39, 0.29) is 18.2 Å². The van der Waals surface area contributed by atoms with E-state index in [4.69, 9.17) is 21.7 Å². The number of aromatic nitrogens is 2. The molecule has 2 aliphatic rings. The fraction of sp³-hybridized carbons (Fsp3) is 0.360. The van der Waals surface area contributed by atoms with E-state index in [1.54, 1.807) is 0 Å². The third kappa shape index (κ3) is 4.10. The van der Waals surface area contributed by atoms with Crippen LogP contribution in [0.15, 0.2) is 67.0 Å². The van der Waals surface area contributed by atoms with Gasteiger partial charge in [-0.15, -0.1) is 0 Å². The van der Waals surface area contributed by atoms with Crippen molar-refractivity contribution >= 4 is 23.0 Å². The highest BCUT2D eigenvalue weighted by Gasteiger charge is 2.42. The number of hydrogen-bond acceptors (Lipinski definition) is 4. The SMILES string of the molecule is CCOc1ccc(N2C(=S)N[C@H](c3ccccn3)[C@@H]2c2cccn2C[C@@H]2CCCO2)cc1. The normalized spacial score (nSPS) is 22.8. The monoisotopic (exact) mass is 448 g/mol. The smallest absolute Gasteiger partial charge is 0.174 e. The van der Waals surface area contributed by atoms with Crippen LogP contribution in [-0.2, 0) is 11.3 Å². The van der Waals surface area contributed by atoms with Gasteiger partial charge in [-0.1, -0.05) is 6.07 Å². The fourth-order valence-corrected chi connectivity index (χ4v) is 5.02. The average Bonchev–Trinajstić information content (AvgIpc) is 3.56. The summed E-state index contributed by atoms with van der Waals surface area (Å²) in [6, 6.07) is 18.4. The molecule has 2 saturated heterocycles. The zero-order valence-electron chi connectivity index (χ0n) is 18.2. The second-order valence-corrected chi connectivity index (χ2v) is 8.53. The number of hydrogen-bond donors (Lipinski definition) is 1. The van der Waals surface area contributed by atoms with Crippen LogP contribution in [0, 0.1) is 0 Å². The molecule has 3 aromatic rings. The standard InChI is InChI=1S/C25H28N4O2S/c1-2-30-19-12-10-18(11-13-19)29-24(23(27-25(29)32)21-8-3-4-14-26-21)22-9-5-15-28(22)17-20-7-6-16-31-20/h3-5,8-15,20,23-24H,2,6-7,16-17H2,1H3,(H,27,32)/t20-,23+,24-/m0/s1. The first kappa shape index (κ1) is 21.0. The van der Waals surface area contributed by atoms with E-state index in [0.29, 0.717) is 11.7 Å². The molecule has 5 rings (SSSR count). The minimum absolute atomic E-state index is 0.0354. The van der Waals surface area contributed by atoms with Crippen LogP contribution in [0.1, 0.15) is 43.2 Å². The van der Waals surface area contributed by atoms with Gasteiger partial charge in [-0.25, -0.2) is 0 Å². The molecule has 0 bridgehead atoms. The van der Waals surface area contributed by atoms with Crippen molar-refractivity contribution in [3.63, 3.8) is 0 Å². The van der Waals surface area contributed by atoms with E-state index in [9.17, 15) is 0 Å². The second-order valence-electron chi connectivity index (χ2n) is 8.14. The van der Waals surface area contributed by atoms with Gasteiger partial charge < -0.3 is 24.3 Å². The quantitative estimate of drug-likeness (QED) is 0.532. The molecule has 4 heterocycles. The number of pyridine rings is 1. The lowest BCUT2D eigenvalue weighted by molar-refractivity contribution is 0.0961. The highest BCUT2D eigenvalue weighted by molar-refractivity contribution is 7.80. The van der Waals surface area contributed by atoms with Crippen molar-refractivity contribution in [3.05, 3.63) is 78.4 Å². The summed E-state index contributed by atoms with van der Waals surface area (Å²) in [5.74, 6) is 0.855. The summed E-state index contributed by atoms with van der Waals surface area (Å²) in [4.78, 5) is 6.85. The first-order valence-electron chi connectivity index (χ1n) is 11.2. The summed E-state index contributed by atoms with van der Waals surface area (Å²) in [6.45, 7) is 4.33. The van der Waals surface area contributed by atoms with Crippen molar-refractivity contribution in [2.24, 2.45) is 0 Å². The molecule has 0 unspecified atom stereocenters. The summed E-state index contributed by atoms with van der Waals surface area (Å²) in [6.07, 6.45) is 6.47. The Morgan fingerprint density at radius 2 is 2.03 bits per heavy atom. The highest BCUT2D eigenvalue weighted by Crippen LogP contribution is 2.42. The second kappa shape index (κ2) is 9.30. The van der Waals surface area contributed by atoms with Gasteiger partial charge in [0.2, 0.25) is 0 Å². The molecule has 0 saturated carbocycles. The molecule has 7 heteroatoms. The molecule has 2 aliphatic heterocycles. The molecule has 2 aromatic heterocycles. The van der Waals surface area contributed by atoms with Crippen LogP contribution in [0.3, 0.4) is 0 Å². The van der Waals surface area contributed by atoms with Crippen molar-refractivity contribution in [2.75, 3.05) is 18.1 Å². The van der Waals surface area contributed by atoms with Crippen molar-refractivity contribution in [3.8, 4) is 5.75 Å². The van der Waals surface area contributed by atoms with E-state index in [2.05, 4.69) is 56.3 Å². The first-order valence-corrected chi connectivity index (χ1v) is 11.7. The molecular formula is C25H28N4O2S. The first-order chi connectivity index (χ1) is 15.7. The predicted molar refractivity (Wildman–Crippen MR) is 129 cm³/mol. The lowest BCUT2D eigenvalue weighted by Crippen LogP contribution is -2.31. The van der Waals surface area contributed by atoms with Crippen LogP contribution >= 0.6 is 12.2 Å². The molecule has 2 fully saturated rings. The molecule has 0 radical (unpaired) electrons. The molecule has 0 spiro atoms. The number of benzene rings is 1. The zero-order chi connectivity index (χ0) is 21.9. The molecular weight excluding hydrogens is 420 g/mol. The van der Waals surface area contributed by atoms with Crippen LogP contribution in [0.5, 0.6) is 5.75 Å². The summed E-state index contributed by atoms with van der Waals surface area (Å²) < 4.78 is 13.9. The van der Waals surface area contributed by atoms with Gasteiger partial charge in [-0.2, -0.15) is 0 Å². The highest BCUT2D eigenvalue weighted by atomic mass is 32.1. The van der Waals surface area contributed by atoms with Crippen molar-refractivity contribution < 1.29 is 9.47 Å². The Kier molecular flexibility index (Phi) is 6.10. The third-order valence-corrected chi connectivity index (χ3v) is 6.43. The van der Waals surface area contributed by atoms with Gasteiger partial charge in [0.25, 0.3) is 0 Å². The number of anilines is 1. The van der Waals surface area contributed by atoms with Gasteiger partial charge in [0.05, 0.1) is 24.4 Å². The Morgan fingerprint density at radius 3 is 2.75 bits per heavy atom. The molecule has 166 valence electrons. The average molecular weight is 449 g/mol. The van der Waals surface area contributed by atoms with Gasteiger partial charge in [0, 0.05) is 36.9 Å². The van der Waals surface area contributed by atoms with Crippen LogP contribution in [0.4, 0.5) is 5.69 Å². The molecule has 3 atom stereocenters. The Morgan fingerprint density at radius 1 is 1.16 bits per heavy atom. The van der Waals surface area contributed by atoms with Crippen molar-refractivity contribution in [2.45, 2.75) is 44.5 Å². The van der Waals surface area contributed by atoms with Gasteiger partial charge >= 0.3 is 0 Å². The Labute approximate surface area is 194 Å². The maximum atomic E-state index is 5.92. The summed E-state index contributed by atoms with van der Waals surface area (Å²) in [5.41, 5.74) is 3.19. The molecule has 6 nitrogen and oxygen atoms in total. The lowest BCUT2D eigenvalue weighted by atomic mass is 10.0. The van der Waals surface area contributed by atoms with E-state index in [1.165, 1.54) is 5.69 Å². The van der Waals surface area contributed by atoms with Gasteiger partial charge in [0.15, 0.2) is 5.11 Å². The van der Waals surface area contributed by atoms with Gasteiger partial charge in [0.1, 0.15) is 11.8 Å². The molecule has 0 amide bonds.